The van der Waals surface area contributed by atoms with E-state index in [9.17, 15) is 74.6 Å². The van der Waals surface area contributed by atoms with Crippen LogP contribution >= 0.6 is 0 Å². The summed E-state index contributed by atoms with van der Waals surface area (Å²) in [7, 11) is 0. The standard InChI is InChI=1S/C14H8F17N2/c1-2-3-32-4-5-33(6-32)14(30,31)12(25,26)10(21,22)8(17,18)7(15,16)9(19,20)11(23,24)13(27,28)29/h2,4-6H,1,3H2/q+1. The second kappa shape index (κ2) is 7.64. The lowest BCUT2D eigenvalue weighted by atomic mass is 9.90. The smallest absolute Gasteiger partial charge is 0.233 e. The van der Waals surface area contributed by atoms with Gasteiger partial charge in [-0.05, 0) is 0 Å². The van der Waals surface area contributed by atoms with Crippen molar-refractivity contribution < 1.29 is 79.2 Å². The van der Waals surface area contributed by atoms with E-state index in [0.717, 1.165) is 6.08 Å². The van der Waals surface area contributed by atoms with Crippen molar-refractivity contribution in [2.75, 3.05) is 0 Å². The summed E-state index contributed by atoms with van der Waals surface area (Å²) in [6.45, 7) is 2.57. The summed E-state index contributed by atoms with van der Waals surface area (Å²) in [6.07, 6.45) is -6.80. The molecular formula is C14H8F17N2+. The van der Waals surface area contributed by atoms with Gasteiger partial charge in [-0.15, -0.1) is 0 Å². The summed E-state index contributed by atoms with van der Waals surface area (Å²) >= 11 is 0. The SMILES string of the molecule is C=CC[n+]1ccn(C(F)(F)C(F)(F)C(F)(F)C(F)(F)C(F)(F)C(F)(F)C(F)(F)C(F)(F)F)c1. The molecule has 0 saturated heterocycles. The molecule has 1 heterocycles. The number of nitrogens with zero attached hydrogens (tertiary/aromatic N) is 2. The fourth-order valence-electron chi connectivity index (χ4n) is 2.14. The van der Waals surface area contributed by atoms with E-state index >= 15 is 0 Å². The third-order valence-corrected chi connectivity index (χ3v) is 4.06. The van der Waals surface area contributed by atoms with Gasteiger partial charge in [0, 0.05) is 0 Å². The van der Waals surface area contributed by atoms with E-state index in [4.69, 9.17) is 0 Å². The van der Waals surface area contributed by atoms with Gasteiger partial charge in [0.05, 0.1) is 0 Å². The fraction of sp³-hybridized carbons (Fsp3) is 0.643. The maximum atomic E-state index is 13.9. The van der Waals surface area contributed by atoms with Gasteiger partial charge in [0.1, 0.15) is 18.9 Å². The normalized spacial score (nSPS) is 15.7. The molecule has 19 heteroatoms. The van der Waals surface area contributed by atoms with Crippen LogP contribution in [0.4, 0.5) is 74.6 Å². The molecule has 0 aliphatic carbocycles. The van der Waals surface area contributed by atoms with Crippen LogP contribution in [0.25, 0.3) is 0 Å². The van der Waals surface area contributed by atoms with Crippen molar-refractivity contribution in [3.05, 3.63) is 31.4 Å². The first-order chi connectivity index (χ1) is 14.3. The second-order valence-corrected chi connectivity index (χ2v) is 6.29. The van der Waals surface area contributed by atoms with Crippen LogP contribution < -0.4 is 4.57 Å². The molecule has 192 valence electrons. The summed E-state index contributed by atoms with van der Waals surface area (Å²) < 4.78 is 223. The largest absolute Gasteiger partial charge is 0.469 e. The van der Waals surface area contributed by atoms with Crippen LogP contribution in [0.1, 0.15) is 0 Å². The Bertz CT molecular complexity index is 863. The average molecular weight is 527 g/mol. The molecule has 0 bridgehead atoms. The van der Waals surface area contributed by atoms with Crippen LogP contribution in [0.3, 0.4) is 0 Å². The van der Waals surface area contributed by atoms with E-state index in [0.29, 0.717) is 10.8 Å². The minimum atomic E-state index is -8.64. The van der Waals surface area contributed by atoms with Gasteiger partial charge in [-0.3, -0.25) is 0 Å². The lowest BCUT2D eigenvalue weighted by Gasteiger charge is -2.41. The topological polar surface area (TPSA) is 8.81 Å². The highest BCUT2D eigenvalue weighted by atomic mass is 19.4. The molecule has 2 nitrogen and oxygen atoms in total. The first kappa shape index (κ1) is 28.8. The van der Waals surface area contributed by atoms with Crippen molar-refractivity contribution in [3.63, 3.8) is 0 Å². The van der Waals surface area contributed by atoms with Gasteiger partial charge in [-0.2, -0.15) is 79.2 Å². The third kappa shape index (κ3) is 3.70. The minimum absolute atomic E-state index is 0.172. The first-order valence-corrected chi connectivity index (χ1v) is 7.69. The van der Waals surface area contributed by atoms with Crippen LogP contribution in [-0.2, 0) is 12.6 Å². The Balaban J connectivity index is 3.66. The molecule has 0 aromatic carbocycles. The summed E-state index contributed by atoms with van der Waals surface area (Å²) in [5, 5.41) is 0. The molecule has 1 rings (SSSR count). The number of alkyl halides is 17. The molecule has 0 spiro atoms. The van der Waals surface area contributed by atoms with Crippen LogP contribution in [0.15, 0.2) is 31.4 Å². The van der Waals surface area contributed by atoms with Gasteiger partial charge in [-0.1, -0.05) is 12.7 Å². The molecule has 33 heavy (non-hydrogen) atoms. The Labute approximate surface area is 170 Å². The van der Waals surface area contributed by atoms with Crippen molar-refractivity contribution >= 4 is 0 Å². The number of halogens is 17. The van der Waals surface area contributed by atoms with Gasteiger partial charge >= 0.3 is 47.8 Å². The Hall–Kier alpha value is -2.24. The average Bonchev–Trinajstić information content (AvgIpc) is 3.09. The summed E-state index contributed by atoms with van der Waals surface area (Å²) in [5.74, 6) is -50.0. The molecular weight excluding hydrogens is 519 g/mol. The van der Waals surface area contributed by atoms with Crippen LogP contribution in [0, 0.1) is 0 Å². The zero-order valence-corrected chi connectivity index (χ0v) is 15.0. The predicted molar refractivity (Wildman–Crippen MR) is 70.8 cm³/mol. The van der Waals surface area contributed by atoms with Crippen LogP contribution in [0.5, 0.6) is 0 Å². The maximum absolute atomic E-state index is 13.9. The van der Waals surface area contributed by atoms with Crippen molar-refractivity contribution in [1.29, 1.82) is 0 Å². The van der Waals surface area contributed by atoms with E-state index in [-0.39, 0.29) is 12.5 Å². The number of allylic oxidation sites excluding steroid dienone is 1. The van der Waals surface area contributed by atoms with Crippen molar-refractivity contribution in [2.24, 2.45) is 0 Å². The molecule has 0 radical (unpaired) electrons. The molecule has 0 saturated carbocycles. The van der Waals surface area contributed by atoms with Gasteiger partial charge < -0.3 is 0 Å². The van der Waals surface area contributed by atoms with E-state index in [1.807, 2.05) is 0 Å². The second-order valence-electron chi connectivity index (χ2n) is 6.29. The van der Waals surface area contributed by atoms with Crippen molar-refractivity contribution in [2.45, 2.75) is 54.3 Å². The van der Waals surface area contributed by atoms with Crippen molar-refractivity contribution in [1.82, 2.24) is 4.57 Å². The lowest BCUT2D eigenvalue weighted by molar-refractivity contribution is -0.687. The van der Waals surface area contributed by atoms with E-state index in [2.05, 4.69) is 6.58 Å². The number of hydrogen-bond donors (Lipinski definition) is 0. The van der Waals surface area contributed by atoms with Crippen LogP contribution in [-0.4, -0.2) is 46.3 Å². The Morgan fingerprint density at radius 2 is 0.970 bits per heavy atom. The van der Waals surface area contributed by atoms with Gasteiger partial charge in [-0.25, -0.2) is 4.57 Å². The van der Waals surface area contributed by atoms with Crippen LogP contribution in [0.2, 0.25) is 0 Å². The molecule has 0 unspecified atom stereocenters. The molecule has 1 aromatic rings. The number of hydrogen-bond acceptors (Lipinski definition) is 0. The Morgan fingerprint density at radius 1 is 0.606 bits per heavy atom. The Kier molecular flexibility index (Phi) is 6.67. The zero-order chi connectivity index (χ0) is 26.7. The zero-order valence-electron chi connectivity index (χ0n) is 15.0. The molecule has 0 aliphatic heterocycles. The number of rotatable bonds is 9. The van der Waals surface area contributed by atoms with E-state index < -0.39 is 58.9 Å². The van der Waals surface area contributed by atoms with Gasteiger partial charge in [0.15, 0.2) is 0 Å². The first-order valence-electron chi connectivity index (χ1n) is 7.69. The van der Waals surface area contributed by atoms with E-state index in [1.54, 1.807) is 0 Å². The summed E-state index contributed by atoms with van der Waals surface area (Å²) in [6, 6.07) is -6.63. The monoisotopic (exact) mass is 527 g/mol. The predicted octanol–water partition coefficient (Wildman–Crippen LogP) is 5.89. The minimum Gasteiger partial charge on any atom is -0.233 e. The highest BCUT2D eigenvalue weighted by molar-refractivity contribution is 5.14. The highest BCUT2D eigenvalue weighted by Gasteiger charge is 2.96. The number of aromatic nitrogens is 2. The lowest BCUT2D eigenvalue weighted by Crippen LogP contribution is -2.74. The molecule has 1 aromatic heterocycles. The third-order valence-electron chi connectivity index (χ3n) is 4.06. The highest BCUT2D eigenvalue weighted by Crippen LogP contribution is 2.64. The van der Waals surface area contributed by atoms with Gasteiger partial charge in [0.25, 0.3) is 0 Å². The molecule has 0 atom stereocenters. The summed E-state index contributed by atoms with van der Waals surface area (Å²) in [4.78, 5) is 0. The number of imidazole rings is 1. The van der Waals surface area contributed by atoms with E-state index in [1.165, 1.54) is 0 Å². The molecule has 0 amide bonds. The molecule has 0 aliphatic rings. The quantitative estimate of drug-likeness (QED) is 0.216. The molecule has 0 N–H and O–H groups in total. The fourth-order valence-corrected chi connectivity index (χ4v) is 2.14. The van der Waals surface area contributed by atoms with Crippen molar-refractivity contribution in [3.8, 4) is 0 Å². The molecule has 0 fully saturated rings. The Morgan fingerprint density at radius 3 is 1.33 bits per heavy atom. The summed E-state index contributed by atoms with van der Waals surface area (Å²) in [5.41, 5.74) is 0. The maximum Gasteiger partial charge on any atom is 0.469 e. The van der Waals surface area contributed by atoms with Gasteiger partial charge in [0.2, 0.25) is 6.33 Å².